The largest absolute Gasteiger partial charge is 0.370 e. The van der Waals surface area contributed by atoms with Gasteiger partial charge in [0.15, 0.2) is 0 Å². The summed E-state index contributed by atoms with van der Waals surface area (Å²) in [5.74, 6) is -0.667. The fourth-order valence-electron chi connectivity index (χ4n) is 2.65. The Morgan fingerprint density at radius 2 is 2.08 bits per heavy atom. The second kappa shape index (κ2) is 7.81. The van der Waals surface area contributed by atoms with Gasteiger partial charge in [-0.25, -0.2) is 4.79 Å². The SMILES string of the molecule is CCN(CCNC(=O)CN1C(=O)CN(C)C1=O)c1cccc(C)c1. The number of carbonyl (C=O) groups is 3. The zero-order valence-electron chi connectivity index (χ0n) is 14.4. The molecule has 1 fully saturated rings. The molecule has 7 nitrogen and oxygen atoms in total. The summed E-state index contributed by atoms with van der Waals surface area (Å²) in [6.45, 7) is 5.84. The van der Waals surface area contributed by atoms with Crippen molar-refractivity contribution in [3.63, 3.8) is 0 Å². The minimum atomic E-state index is -0.426. The van der Waals surface area contributed by atoms with Crippen molar-refractivity contribution in [3.8, 4) is 0 Å². The lowest BCUT2D eigenvalue weighted by Crippen LogP contribution is -2.43. The van der Waals surface area contributed by atoms with E-state index < -0.39 is 6.03 Å². The molecule has 0 aromatic heterocycles. The molecule has 1 N–H and O–H groups in total. The molecule has 1 aromatic rings. The highest BCUT2D eigenvalue weighted by Crippen LogP contribution is 2.15. The molecule has 1 aliphatic heterocycles. The third-order valence-corrected chi connectivity index (χ3v) is 3.99. The van der Waals surface area contributed by atoms with E-state index in [0.717, 1.165) is 17.1 Å². The van der Waals surface area contributed by atoms with Gasteiger partial charge >= 0.3 is 6.03 Å². The molecule has 4 amide bonds. The Labute approximate surface area is 142 Å². The topological polar surface area (TPSA) is 73.0 Å². The van der Waals surface area contributed by atoms with Crippen molar-refractivity contribution in [1.82, 2.24) is 15.1 Å². The van der Waals surface area contributed by atoms with E-state index in [9.17, 15) is 14.4 Å². The van der Waals surface area contributed by atoms with Crippen LogP contribution in [-0.2, 0) is 9.59 Å². The molecule has 1 heterocycles. The van der Waals surface area contributed by atoms with E-state index in [-0.39, 0.29) is 24.9 Å². The van der Waals surface area contributed by atoms with Gasteiger partial charge in [0.05, 0.1) is 0 Å². The van der Waals surface area contributed by atoms with Crippen molar-refractivity contribution in [2.75, 3.05) is 44.7 Å². The van der Waals surface area contributed by atoms with Crippen molar-refractivity contribution in [1.29, 1.82) is 0 Å². The zero-order valence-corrected chi connectivity index (χ0v) is 14.4. The van der Waals surface area contributed by atoms with Gasteiger partial charge in [-0.3, -0.25) is 14.5 Å². The average Bonchev–Trinajstić information content (AvgIpc) is 2.78. The number of urea groups is 1. The quantitative estimate of drug-likeness (QED) is 0.751. The third kappa shape index (κ3) is 4.24. The van der Waals surface area contributed by atoms with E-state index >= 15 is 0 Å². The van der Waals surface area contributed by atoms with Crippen LogP contribution in [0.2, 0.25) is 0 Å². The lowest BCUT2D eigenvalue weighted by molar-refractivity contribution is -0.130. The van der Waals surface area contributed by atoms with Crippen LogP contribution in [0.15, 0.2) is 24.3 Å². The van der Waals surface area contributed by atoms with Crippen molar-refractivity contribution in [2.24, 2.45) is 0 Å². The number of nitrogens with zero attached hydrogens (tertiary/aromatic N) is 3. The molecule has 0 bridgehead atoms. The maximum Gasteiger partial charge on any atom is 0.327 e. The Morgan fingerprint density at radius 3 is 2.67 bits per heavy atom. The number of benzene rings is 1. The molecule has 0 atom stereocenters. The smallest absolute Gasteiger partial charge is 0.327 e. The number of anilines is 1. The van der Waals surface area contributed by atoms with Crippen LogP contribution in [-0.4, -0.2) is 67.4 Å². The van der Waals surface area contributed by atoms with Gasteiger partial charge in [0.25, 0.3) is 5.91 Å². The standard InChI is InChI=1S/C17H24N4O3/c1-4-20(14-7-5-6-13(2)10-14)9-8-18-15(22)11-21-16(23)12-19(3)17(21)24/h5-7,10H,4,8-9,11-12H2,1-3H3,(H,18,22). The van der Waals surface area contributed by atoms with Crippen LogP contribution >= 0.6 is 0 Å². The van der Waals surface area contributed by atoms with Crippen LogP contribution < -0.4 is 10.2 Å². The minimum absolute atomic E-state index is 0.0308. The first-order valence-corrected chi connectivity index (χ1v) is 8.06. The predicted octanol–water partition coefficient (Wildman–Crippen LogP) is 0.832. The maximum atomic E-state index is 12.0. The fourth-order valence-corrected chi connectivity index (χ4v) is 2.65. The van der Waals surface area contributed by atoms with Crippen LogP contribution in [0.1, 0.15) is 12.5 Å². The van der Waals surface area contributed by atoms with Gasteiger partial charge in [-0.15, -0.1) is 0 Å². The van der Waals surface area contributed by atoms with Gasteiger partial charge in [-0.05, 0) is 31.5 Å². The molecule has 1 saturated heterocycles. The van der Waals surface area contributed by atoms with E-state index in [1.54, 1.807) is 7.05 Å². The molecule has 2 rings (SSSR count). The van der Waals surface area contributed by atoms with Crippen molar-refractivity contribution in [3.05, 3.63) is 29.8 Å². The Balaban J connectivity index is 1.81. The minimum Gasteiger partial charge on any atom is -0.370 e. The van der Waals surface area contributed by atoms with Crippen molar-refractivity contribution >= 4 is 23.5 Å². The number of carbonyl (C=O) groups excluding carboxylic acids is 3. The lowest BCUT2D eigenvalue weighted by Gasteiger charge is -2.24. The molecule has 0 saturated carbocycles. The van der Waals surface area contributed by atoms with E-state index in [0.29, 0.717) is 13.1 Å². The summed E-state index contributed by atoms with van der Waals surface area (Å²) in [4.78, 5) is 39.8. The van der Waals surface area contributed by atoms with Gasteiger partial charge < -0.3 is 15.1 Å². The molecule has 1 aliphatic rings. The summed E-state index contributed by atoms with van der Waals surface area (Å²) < 4.78 is 0. The molecular weight excluding hydrogens is 308 g/mol. The first kappa shape index (κ1) is 17.8. The van der Waals surface area contributed by atoms with Crippen LogP contribution in [0, 0.1) is 6.92 Å². The third-order valence-electron chi connectivity index (χ3n) is 3.99. The van der Waals surface area contributed by atoms with Gasteiger partial charge in [-0.2, -0.15) is 0 Å². The molecular formula is C17H24N4O3. The number of hydrogen-bond acceptors (Lipinski definition) is 4. The average molecular weight is 332 g/mol. The highest BCUT2D eigenvalue weighted by Gasteiger charge is 2.34. The Hall–Kier alpha value is -2.57. The molecule has 0 aliphatic carbocycles. The first-order chi connectivity index (χ1) is 11.4. The Morgan fingerprint density at radius 1 is 1.33 bits per heavy atom. The monoisotopic (exact) mass is 332 g/mol. The summed E-state index contributed by atoms with van der Waals surface area (Å²) in [5.41, 5.74) is 2.29. The maximum absolute atomic E-state index is 12.0. The highest BCUT2D eigenvalue weighted by atomic mass is 16.2. The summed E-state index contributed by atoms with van der Waals surface area (Å²) in [6.07, 6.45) is 0. The zero-order chi connectivity index (χ0) is 17.7. The lowest BCUT2D eigenvalue weighted by atomic mass is 10.2. The number of hydrogen-bond donors (Lipinski definition) is 1. The Kier molecular flexibility index (Phi) is 5.78. The van der Waals surface area contributed by atoms with Crippen molar-refractivity contribution in [2.45, 2.75) is 13.8 Å². The molecule has 0 unspecified atom stereocenters. The van der Waals surface area contributed by atoms with Crippen LogP contribution in [0.5, 0.6) is 0 Å². The van der Waals surface area contributed by atoms with Crippen LogP contribution in [0.4, 0.5) is 10.5 Å². The van der Waals surface area contributed by atoms with Crippen LogP contribution in [0.3, 0.4) is 0 Å². The summed E-state index contributed by atoms with van der Waals surface area (Å²) in [7, 11) is 1.54. The number of rotatable bonds is 7. The highest BCUT2D eigenvalue weighted by molar-refractivity contribution is 6.04. The van der Waals surface area contributed by atoms with Gasteiger partial charge in [-0.1, -0.05) is 12.1 Å². The number of aryl methyl sites for hydroxylation is 1. The molecule has 7 heteroatoms. The second-order valence-corrected chi connectivity index (χ2v) is 5.89. The molecule has 1 aromatic carbocycles. The van der Waals surface area contributed by atoms with E-state index in [1.807, 2.05) is 25.1 Å². The molecule has 24 heavy (non-hydrogen) atoms. The first-order valence-electron chi connectivity index (χ1n) is 8.06. The van der Waals surface area contributed by atoms with Gasteiger partial charge in [0.1, 0.15) is 13.1 Å². The predicted molar refractivity (Wildman–Crippen MR) is 91.8 cm³/mol. The van der Waals surface area contributed by atoms with E-state index in [2.05, 4.69) is 23.2 Å². The number of imide groups is 1. The number of nitrogens with one attached hydrogen (secondary N) is 1. The van der Waals surface area contributed by atoms with Crippen LogP contribution in [0.25, 0.3) is 0 Å². The number of likely N-dealkylation sites (N-methyl/N-ethyl adjacent to an activating group) is 2. The van der Waals surface area contributed by atoms with E-state index in [4.69, 9.17) is 0 Å². The normalized spacial score (nSPS) is 14.3. The van der Waals surface area contributed by atoms with E-state index in [1.165, 1.54) is 10.5 Å². The van der Waals surface area contributed by atoms with Gasteiger partial charge in [0, 0.05) is 32.4 Å². The Bertz CT molecular complexity index is 632. The number of amides is 4. The fraction of sp³-hybridized carbons (Fsp3) is 0.471. The molecule has 0 spiro atoms. The van der Waals surface area contributed by atoms with Crippen molar-refractivity contribution < 1.29 is 14.4 Å². The van der Waals surface area contributed by atoms with Gasteiger partial charge in [0.2, 0.25) is 5.91 Å². The molecule has 130 valence electrons. The summed E-state index contributed by atoms with van der Waals surface area (Å²) in [5, 5.41) is 2.77. The summed E-state index contributed by atoms with van der Waals surface area (Å²) in [6, 6.07) is 7.76. The summed E-state index contributed by atoms with van der Waals surface area (Å²) >= 11 is 0. The molecule has 0 radical (unpaired) electrons. The second-order valence-electron chi connectivity index (χ2n) is 5.89.